The van der Waals surface area contributed by atoms with Gasteiger partial charge in [0.25, 0.3) is 5.56 Å². The maximum Gasteiger partial charge on any atom is 0.406 e. The lowest BCUT2D eigenvalue weighted by Crippen LogP contribution is -2.44. The van der Waals surface area contributed by atoms with E-state index in [1.54, 1.807) is 20.8 Å². The molecule has 1 fully saturated rings. The number of thioether (sulfide) groups is 1. The Bertz CT molecular complexity index is 1420. The molecule has 3 rings (SSSR count). The number of aromatic nitrogens is 4. The zero-order chi connectivity index (χ0) is 32.4. The van der Waals surface area contributed by atoms with Gasteiger partial charge in [0.1, 0.15) is 30.0 Å². The fourth-order valence-corrected chi connectivity index (χ4v) is 6.23. The lowest BCUT2D eigenvalue weighted by Gasteiger charge is -2.27. The van der Waals surface area contributed by atoms with Crippen molar-refractivity contribution in [1.29, 1.82) is 0 Å². The number of ether oxygens (including phenoxy) is 2. The Labute approximate surface area is 253 Å². The third kappa shape index (κ3) is 8.63. The highest BCUT2D eigenvalue weighted by molar-refractivity contribution is 8.13. The van der Waals surface area contributed by atoms with Crippen molar-refractivity contribution < 1.29 is 42.9 Å². The average molecular weight is 649 g/mol. The van der Waals surface area contributed by atoms with Crippen molar-refractivity contribution in [2.45, 2.75) is 84.5 Å². The molecule has 0 amide bonds. The molecule has 6 N–H and O–H groups in total. The maximum absolute atomic E-state index is 13.6. The van der Waals surface area contributed by atoms with Gasteiger partial charge in [0.15, 0.2) is 22.5 Å². The molecule has 43 heavy (non-hydrogen) atoms. The second-order valence-corrected chi connectivity index (χ2v) is 14.8. The van der Waals surface area contributed by atoms with Crippen molar-refractivity contribution in [1.82, 2.24) is 24.6 Å². The average Bonchev–Trinajstić information content (AvgIpc) is 3.41. The van der Waals surface area contributed by atoms with Gasteiger partial charge in [-0.05, 0) is 34.1 Å². The predicted molar refractivity (Wildman–Crippen MR) is 158 cm³/mol. The van der Waals surface area contributed by atoms with Crippen LogP contribution in [0, 0.1) is 5.41 Å². The van der Waals surface area contributed by atoms with E-state index < -0.39 is 67.5 Å². The van der Waals surface area contributed by atoms with Gasteiger partial charge in [0.2, 0.25) is 5.95 Å². The van der Waals surface area contributed by atoms with Crippen LogP contribution in [0.1, 0.15) is 61.1 Å². The number of hydrogen-bond donors (Lipinski definition) is 5. The summed E-state index contributed by atoms with van der Waals surface area (Å²) in [6.45, 7) is 10.6. The number of hydrogen-bond acceptors (Lipinski definition) is 14. The number of aromatic amines is 1. The number of rotatable bonds is 13. The number of aliphatic hydroxyl groups is 2. The largest absolute Gasteiger partial charge is 0.459 e. The number of anilines is 1. The Kier molecular flexibility index (Phi) is 10.9. The second kappa shape index (κ2) is 13.3. The van der Waals surface area contributed by atoms with Crippen molar-refractivity contribution in [2.24, 2.45) is 5.41 Å². The van der Waals surface area contributed by atoms with Crippen molar-refractivity contribution in [3.63, 3.8) is 0 Å². The molecule has 0 radical (unpaired) electrons. The lowest BCUT2D eigenvalue weighted by molar-refractivity contribution is -0.153. The minimum absolute atomic E-state index is 0.00613. The zero-order valence-electron chi connectivity index (χ0n) is 25.3. The third-order valence-electron chi connectivity index (χ3n) is 6.72. The molecule has 0 aliphatic carbocycles. The van der Waals surface area contributed by atoms with Gasteiger partial charge in [-0.2, -0.15) is 4.98 Å². The number of imidazole rings is 1. The molecular formula is C25H41N6O10PS. The normalized spacial score (nSPS) is 24.3. The van der Waals surface area contributed by atoms with Crippen molar-refractivity contribution in [3.05, 3.63) is 16.7 Å². The van der Waals surface area contributed by atoms with Crippen LogP contribution in [0.4, 0.5) is 5.95 Å². The highest BCUT2D eigenvalue weighted by Crippen LogP contribution is 2.46. The number of carbonyl (C=O) groups is 2. The first-order valence-electron chi connectivity index (χ1n) is 13.6. The summed E-state index contributed by atoms with van der Waals surface area (Å²) in [5.74, 6) is -0.751. The SMILES string of the molecule is CCC(C)(C)C(=O)SCCOP(=O)(NCC(=O)OC(C)(C)C)OC[C@H]1O[C@@H](n2cnc3c(=O)[nH]c(N)nc32)[C@](C)(O)[C@@H]1O. The van der Waals surface area contributed by atoms with Crippen LogP contribution in [-0.4, -0.2) is 89.7 Å². The molecule has 5 atom stereocenters. The molecule has 1 aliphatic heterocycles. The lowest BCUT2D eigenvalue weighted by atomic mass is 9.92. The first-order chi connectivity index (χ1) is 19.8. The standard InChI is InChI=1S/C25H41N6O10PS/c1-8-24(5,6)21(35)43-10-9-38-42(37,28-11-15(32)41-23(2,3)4)39-12-14-17(33)25(7,36)20(40-14)31-13-27-16-18(31)29-22(26)30-19(16)34/h13-14,17,20,33,36H,8-12H2,1-7H3,(H,28,37)(H3,26,29,30,34)/t14-,17-,20-,25-,42?/m1/s1. The van der Waals surface area contributed by atoms with Gasteiger partial charge in [-0.1, -0.05) is 32.5 Å². The van der Waals surface area contributed by atoms with Crippen molar-refractivity contribution in [2.75, 3.05) is 31.2 Å². The van der Waals surface area contributed by atoms with Crippen molar-refractivity contribution >= 4 is 47.7 Å². The molecule has 3 heterocycles. The quantitative estimate of drug-likeness (QED) is 0.118. The fourth-order valence-electron chi connectivity index (χ4n) is 3.96. The topological polar surface area (TPSA) is 230 Å². The van der Waals surface area contributed by atoms with Crippen LogP contribution in [-0.2, 0) is 32.7 Å². The number of nitrogen functional groups attached to an aromatic ring is 1. The molecule has 0 bridgehead atoms. The molecule has 1 aliphatic rings. The summed E-state index contributed by atoms with van der Waals surface area (Å²) >= 11 is 1.02. The van der Waals surface area contributed by atoms with E-state index in [2.05, 4.69) is 20.0 Å². The number of carbonyl (C=O) groups excluding carboxylic acids is 2. The third-order valence-corrected chi connectivity index (χ3v) is 9.46. The van der Waals surface area contributed by atoms with Gasteiger partial charge in [-0.25, -0.2) is 14.6 Å². The number of esters is 1. The molecule has 1 saturated heterocycles. The van der Waals surface area contributed by atoms with E-state index in [0.717, 1.165) is 11.8 Å². The second-order valence-electron chi connectivity index (χ2n) is 11.9. The van der Waals surface area contributed by atoms with Crippen LogP contribution in [0.5, 0.6) is 0 Å². The number of nitrogens with zero attached hydrogens (tertiary/aromatic N) is 3. The molecule has 2 aromatic rings. The van der Waals surface area contributed by atoms with E-state index >= 15 is 0 Å². The Morgan fingerprint density at radius 1 is 1.30 bits per heavy atom. The van der Waals surface area contributed by atoms with Gasteiger partial charge in [0, 0.05) is 11.2 Å². The molecule has 16 nitrogen and oxygen atoms in total. The number of fused-ring (bicyclic) bond motifs is 1. The minimum atomic E-state index is -4.24. The first kappa shape index (κ1) is 35.1. The number of H-pyrrole nitrogens is 1. The fraction of sp³-hybridized carbons (Fsp3) is 0.720. The minimum Gasteiger partial charge on any atom is -0.459 e. The highest BCUT2D eigenvalue weighted by atomic mass is 32.2. The molecule has 242 valence electrons. The van der Waals surface area contributed by atoms with E-state index in [4.69, 9.17) is 24.3 Å². The summed E-state index contributed by atoms with van der Waals surface area (Å²) in [6, 6.07) is 0. The van der Waals surface area contributed by atoms with Gasteiger partial charge in [0.05, 0.1) is 19.5 Å². The molecule has 1 unspecified atom stereocenters. The van der Waals surface area contributed by atoms with Gasteiger partial charge in [-0.15, -0.1) is 0 Å². The highest BCUT2D eigenvalue weighted by Gasteiger charge is 2.54. The summed E-state index contributed by atoms with van der Waals surface area (Å²) in [6.07, 6.45) is -2.27. The Morgan fingerprint density at radius 3 is 2.60 bits per heavy atom. The predicted octanol–water partition coefficient (Wildman–Crippen LogP) is 1.48. The number of nitrogens with one attached hydrogen (secondary N) is 2. The molecule has 0 saturated carbocycles. The summed E-state index contributed by atoms with van der Waals surface area (Å²) in [5.41, 5.74) is 1.72. The maximum atomic E-state index is 13.6. The van der Waals surface area contributed by atoms with Crippen LogP contribution in [0.2, 0.25) is 0 Å². The Morgan fingerprint density at radius 2 is 1.98 bits per heavy atom. The first-order valence-corrected chi connectivity index (χ1v) is 16.1. The molecule has 0 spiro atoms. The smallest absolute Gasteiger partial charge is 0.406 e. The van der Waals surface area contributed by atoms with Crippen molar-refractivity contribution in [3.8, 4) is 0 Å². The Hall–Kier alpha value is -2.37. The summed E-state index contributed by atoms with van der Waals surface area (Å²) < 4.78 is 37.0. The van der Waals surface area contributed by atoms with E-state index in [1.165, 1.54) is 17.8 Å². The van der Waals surface area contributed by atoms with Crippen LogP contribution in [0.3, 0.4) is 0 Å². The number of aliphatic hydroxyl groups excluding tert-OH is 1. The summed E-state index contributed by atoms with van der Waals surface area (Å²) in [5, 5.41) is 24.5. The van der Waals surface area contributed by atoms with E-state index in [9.17, 15) is 29.2 Å². The van der Waals surface area contributed by atoms with Crippen LogP contribution < -0.4 is 16.4 Å². The van der Waals surface area contributed by atoms with Crippen LogP contribution >= 0.6 is 19.5 Å². The number of nitrogens with two attached hydrogens (primary N) is 1. The van der Waals surface area contributed by atoms with Crippen LogP contribution in [0.15, 0.2) is 11.1 Å². The van der Waals surface area contributed by atoms with Gasteiger partial charge >= 0.3 is 13.7 Å². The van der Waals surface area contributed by atoms with Gasteiger partial charge in [-0.3, -0.25) is 33.0 Å². The van der Waals surface area contributed by atoms with E-state index in [1.807, 2.05) is 20.8 Å². The zero-order valence-corrected chi connectivity index (χ0v) is 27.0. The molecule has 18 heteroatoms. The summed E-state index contributed by atoms with van der Waals surface area (Å²) in [7, 11) is -4.24. The molecule has 0 aromatic carbocycles. The van der Waals surface area contributed by atoms with Gasteiger partial charge < -0.3 is 25.4 Å². The van der Waals surface area contributed by atoms with E-state index in [-0.39, 0.29) is 34.6 Å². The molecular weight excluding hydrogens is 607 g/mol. The van der Waals surface area contributed by atoms with E-state index in [0.29, 0.717) is 6.42 Å². The summed E-state index contributed by atoms with van der Waals surface area (Å²) in [4.78, 5) is 47.3. The Balaban J connectivity index is 1.73. The molecule has 2 aromatic heterocycles. The van der Waals surface area contributed by atoms with Crippen LogP contribution in [0.25, 0.3) is 11.2 Å². The monoisotopic (exact) mass is 648 g/mol.